The standard InChI is InChI=1S/C25H26ClN3O5/c1-25(27,24(34)29-17-7-3-2-5-13(17)6-4-8-19(30)31)16-10-9-14-11-15(26)12-18-20(14)21(16)22(28-18)23(32)33/h2-3,5,7,11-12,16,28H,4,6,8-10,27H2,1H3,(H,29,34)(H,30,31)(H,32,33). The number of para-hydroxylation sites is 1. The van der Waals surface area contributed by atoms with E-state index in [0.29, 0.717) is 47.5 Å². The van der Waals surface area contributed by atoms with Crippen molar-refractivity contribution in [1.29, 1.82) is 0 Å². The van der Waals surface area contributed by atoms with Crippen molar-refractivity contribution in [3.05, 3.63) is 63.8 Å². The molecule has 0 aliphatic heterocycles. The number of rotatable bonds is 8. The molecule has 1 aliphatic rings. The predicted molar refractivity (Wildman–Crippen MR) is 130 cm³/mol. The number of aromatic carboxylic acids is 1. The number of halogens is 1. The van der Waals surface area contributed by atoms with E-state index in [0.717, 1.165) is 16.5 Å². The number of carboxylic acid groups (broad SMARTS) is 2. The summed E-state index contributed by atoms with van der Waals surface area (Å²) in [5.74, 6) is -2.98. The molecule has 2 aromatic carbocycles. The van der Waals surface area contributed by atoms with Crippen molar-refractivity contribution in [2.75, 3.05) is 5.32 Å². The number of nitrogens with two attached hydrogens (primary N) is 1. The monoisotopic (exact) mass is 483 g/mol. The van der Waals surface area contributed by atoms with Crippen LogP contribution >= 0.6 is 11.6 Å². The first-order valence-corrected chi connectivity index (χ1v) is 11.4. The maximum absolute atomic E-state index is 13.4. The molecule has 0 saturated heterocycles. The molecule has 9 heteroatoms. The van der Waals surface area contributed by atoms with Gasteiger partial charge >= 0.3 is 11.9 Å². The van der Waals surface area contributed by atoms with Crippen molar-refractivity contribution >= 4 is 46.0 Å². The maximum Gasteiger partial charge on any atom is 0.352 e. The lowest BCUT2D eigenvalue weighted by Crippen LogP contribution is -2.54. The Morgan fingerprint density at radius 3 is 2.68 bits per heavy atom. The van der Waals surface area contributed by atoms with Crippen LogP contribution in [0.4, 0.5) is 5.69 Å². The SMILES string of the molecule is CC(N)(C(=O)Nc1ccccc1CCCC(=O)O)C1CCc2cc(Cl)cc3[nH]c(C(=O)O)c1c23. The maximum atomic E-state index is 13.4. The number of aromatic nitrogens is 1. The summed E-state index contributed by atoms with van der Waals surface area (Å²) in [6.45, 7) is 1.62. The van der Waals surface area contributed by atoms with Crippen LogP contribution in [0.25, 0.3) is 10.9 Å². The third-order valence-electron chi connectivity index (χ3n) is 6.56. The summed E-state index contributed by atoms with van der Waals surface area (Å²) in [4.78, 5) is 39.3. The van der Waals surface area contributed by atoms with Crippen molar-refractivity contribution in [3.63, 3.8) is 0 Å². The van der Waals surface area contributed by atoms with E-state index in [1.54, 1.807) is 25.1 Å². The van der Waals surface area contributed by atoms with E-state index in [4.69, 9.17) is 22.4 Å². The fraction of sp³-hybridized carbons (Fsp3) is 0.320. The lowest BCUT2D eigenvalue weighted by Gasteiger charge is -2.36. The van der Waals surface area contributed by atoms with Gasteiger partial charge in [-0.3, -0.25) is 9.59 Å². The second-order valence-electron chi connectivity index (χ2n) is 8.94. The van der Waals surface area contributed by atoms with Crippen LogP contribution in [-0.2, 0) is 22.4 Å². The van der Waals surface area contributed by atoms with E-state index in [1.807, 2.05) is 18.2 Å². The lowest BCUT2D eigenvalue weighted by atomic mass is 9.72. The molecule has 0 fully saturated rings. The molecule has 0 radical (unpaired) electrons. The number of carbonyl (C=O) groups excluding carboxylic acids is 1. The lowest BCUT2D eigenvalue weighted by molar-refractivity contribution is -0.137. The van der Waals surface area contributed by atoms with Gasteiger partial charge in [-0.05, 0) is 67.5 Å². The van der Waals surface area contributed by atoms with Gasteiger partial charge in [0.25, 0.3) is 0 Å². The number of hydrogen-bond donors (Lipinski definition) is 5. The van der Waals surface area contributed by atoms with Gasteiger partial charge in [0.15, 0.2) is 0 Å². The van der Waals surface area contributed by atoms with E-state index < -0.39 is 29.3 Å². The highest BCUT2D eigenvalue weighted by molar-refractivity contribution is 6.31. The quantitative estimate of drug-likeness (QED) is 0.322. The van der Waals surface area contributed by atoms with Crippen LogP contribution < -0.4 is 11.1 Å². The molecule has 1 aromatic heterocycles. The van der Waals surface area contributed by atoms with Gasteiger partial charge in [-0.15, -0.1) is 0 Å². The normalized spacial score (nSPS) is 16.7. The van der Waals surface area contributed by atoms with Crippen molar-refractivity contribution in [1.82, 2.24) is 4.98 Å². The minimum absolute atomic E-state index is 0.0155. The molecule has 1 amide bonds. The molecule has 0 spiro atoms. The molecule has 1 aliphatic carbocycles. The highest BCUT2D eigenvalue weighted by Gasteiger charge is 2.43. The van der Waals surface area contributed by atoms with Gasteiger partial charge in [-0.25, -0.2) is 4.79 Å². The largest absolute Gasteiger partial charge is 0.481 e. The van der Waals surface area contributed by atoms with Crippen LogP contribution in [0.1, 0.15) is 59.3 Å². The van der Waals surface area contributed by atoms with E-state index >= 15 is 0 Å². The molecule has 0 bridgehead atoms. The third-order valence-corrected chi connectivity index (χ3v) is 6.78. The van der Waals surface area contributed by atoms with Crippen LogP contribution in [0.15, 0.2) is 36.4 Å². The Kier molecular flexibility index (Phi) is 6.38. The average molecular weight is 484 g/mol. The number of aliphatic carboxylic acids is 1. The van der Waals surface area contributed by atoms with E-state index in [-0.39, 0.29) is 12.1 Å². The number of carboxylic acids is 2. The van der Waals surface area contributed by atoms with Crippen molar-refractivity contribution in [2.24, 2.45) is 5.73 Å². The Balaban J connectivity index is 1.66. The van der Waals surface area contributed by atoms with Gasteiger partial charge in [-0.1, -0.05) is 29.8 Å². The molecular formula is C25H26ClN3O5. The summed E-state index contributed by atoms with van der Waals surface area (Å²) in [6.07, 6.45) is 2.05. The summed E-state index contributed by atoms with van der Waals surface area (Å²) in [6, 6.07) is 10.7. The van der Waals surface area contributed by atoms with Crippen LogP contribution in [-0.4, -0.2) is 38.6 Å². The second-order valence-corrected chi connectivity index (χ2v) is 9.38. The highest BCUT2D eigenvalue weighted by atomic mass is 35.5. The molecule has 3 aromatic rings. The average Bonchev–Trinajstić information content (AvgIpc) is 3.15. The van der Waals surface area contributed by atoms with E-state index in [2.05, 4.69) is 10.3 Å². The van der Waals surface area contributed by atoms with Crippen molar-refractivity contribution in [2.45, 2.75) is 50.5 Å². The Labute approximate surface area is 201 Å². The van der Waals surface area contributed by atoms with Crippen LogP contribution in [0.2, 0.25) is 5.02 Å². The molecule has 4 rings (SSSR count). The number of carbonyl (C=O) groups is 3. The van der Waals surface area contributed by atoms with Gasteiger partial charge in [0.05, 0.1) is 5.54 Å². The fourth-order valence-electron chi connectivity index (χ4n) is 4.87. The minimum atomic E-state index is -1.41. The number of aromatic amines is 1. The fourth-order valence-corrected chi connectivity index (χ4v) is 5.11. The topological polar surface area (TPSA) is 146 Å². The van der Waals surface area contributed by atoms with Crippen LogP contribution in [0, 0.1) is 0 Å². The zero-order chi connectivity index (χ0) is 24.6. The second kappa shape index (κ2) is 9.12. The first kappa shape index (κ1) is 23.8. The van der Waals surface area contributed by atoms with Gasteiger partial charge in [0, 0.05) is 34.0 Å². The van der Waals surface area contributed by atoms with E-state index in [1.165, 1.54) is 0 Å². The smallest absolute Gasteiger partial charge is 0.352 e. The highest BCUT2D eigenvalue weighted by Crippen LogP contribution is 2.44. The van der Waals surface area contributed by atoms with Gasteiger partial charge in [0.2, 0.25) is 5.91 Å². The number of benzene rings is 2. The summed E-state index contributed by atoms with van der Waals surface area (Å²) < 4.78 is 0. The number of hydrogen-bond acceptors (Lipinski definition) is 4. The van der Waals surface area contributed by atoms with E-state index in [9.17, 15) is 19.5 Å². The molecular weight excluding hydrogens is 458 g/mol. The molecule has 1 heterocycles. The summed E-state index contributed by atoms with van der Waals surface area (Å²) in [5.41, 5.74) is 8.68. The van der Waals surface area contributed by atoms with Gasteiger partial charge in [0.1, 0.15) is 5.69 Å². The Hall–Kier alpha value is -3.36. The summed E-state index contributed by atoms with van der Waals surface area (Å²) in [5, 5.41) is 22.9. The number of nitrogens with one attached hydrogen (secondary N) is 2. The van der Waals surface area contributed by atoms with Crippen molar-refractivity contribution in [3.8, 4) is 0 Å². The zero-order valence-corrected chi connectivity index (χ0v) is 19.4. The predicted octanol–water partition coefficient (Wildman–Crippen LogP) is 4.31. The third kappa shape index (κ3) is 4.38. The molecule has 6 N–H and O–H groups in total. The summed E-state index contributed by atoms with van der Waals surface area (Å²) in [7, 11) is 0. The number of aryl methyl sites for hydroxylation is 2. The molecule has 0 saturated carbocycles. The number of H-pyrrole nitrogens is 1. The zero-order valence-electron chi connectivity index (χ0n) is 18.7. The molecule has 2 atom stereocenters. The Morgan fingerprint density at radius 2 is 1.97 bits per heavy atom. The number of anilines is 1. The minimum Gasteiger partial charge on any atom is -0.481 e. The Morgan fingerprint density at radius 1 is 1.24 bits per heavy atom. The number of amides is 1. The molecule has 2 unspecified atom stereocenters. The van der Waals surface area contributed by atoms with Crippen molar-refractivity contribution < 1.29 is 24.6 Å². The Bertz CT molecular complexity index is 1300. The summed E-state index contributed by atoms with van der Waals surface area (Å²) >= 11 is 6.21. The van der Waals surface area contributed by atoms with Crippen LogP contribution in [0.3, 0.4) is 0 Å². The molecule has 178 valence electrons. The van der Waals surface area contributed by atoms with Gasteiger partial charge in [-0.2, -0.15) is 0 Å². The van der Waals surface area contributed by atoms with Crippen LogP contribution in [0.5, 0.6) is 0 Å². The first-order valence-electron chi connectivity index (χ1n) is 11.1. The molecule has 34 heavy (non-hydrogen) atoms. The van der Waals surface area contributed by atoms with Gasteiger partial charge < -0.3 is 26.2 Å². The first-order chi connectivity index (χ1) is 16.1. The molecule has 8 nitrogen and oxygen atoms in total.